The van der Waals surface area contributed by atoms with E-state index >= 15 is 0 Å². The summed E-state index contributed by atoms with van der Waals surface area (Å²) in [5.41, 5.74) is 1.77. The molecule has 1 aromatic carbocycles. The molecule has 1 aliphatic rings. The zero-order chi connectivity index (χ0) is 19.5. The van der Waals surface area contributed by atoms with Crippen LogP contribution in [0.4, 0.5) is 0 Å². The molecule has 0 saturated carbocycles. The van der Waals surface area contributed by atoms with Crippen LogP contribution < -0.4 is 9.47 Å². The predicted molar refractivity (Wildman–Crippen MR) is 112 cm³/mol. The number of nitrogens with zero attached hydrogens (tertiary/aromatic N) is 2. The summed E-state index contributed by atoms with van der Waals surface area (Å²) in [6, 6.07) is 10.1. The van der Waals surface area contributed by atoms with Gasteiger partial charge in [0, 0.05) is 22.4 Å². The summed E-state index contributed by atoms with van der Waals surface area (Å²) < 4.78 is 10.7. The molecule has 0 bridgehead atoms. The number of benzene rings is 1. The van der Waals surface area contributed by atoms with Crippen LogP contribution in [0.2, 0.25) is 0 Å². The smallest absolute Gasteiger partial charge is 0.229 e. The molecular weight excluding hydrogens is 392 g/mol. The molecule has 1 unspecified atom stereocenters. The van der Waals surface area contributed by atoms with Crippen molar-refractivity contribution < 1.29 is 14.3 Å². The van der Waals surface area contributed by atoms with Gasteiger partial charge >= 0.3 is 0 Å². The number of amides is 1. The Bertz CT molecular complexity index is 952. The molecule has 7 heteroatoms. The molecule has 28 heavy (non-hydrogen) atoms. The third-order valence-electron chi connectivity index (χ3n) is 4.96. The third-order valence-corrected chi connectivity index (χ3v) is 6.87. The molecule has 1 atom stereocenters. The van der Waals surface area contributed by atoms with Crippen LogP contribution in [0.15, 0.2) is 41.1 Å². The number of likely N-dealkylation sites (tertiary alicyclic amines) is 1. The topological polar surface area (TPSA) is 51.7 Å². The number of hydrogen-bond acceptors (Lipinski definition) is 6. The molecule has 3 heterocycles. The SMILES string of the molecule is COc1ccc(-c2nc(CC(=O)N3CCCC3c3cccs3)cs2)cc1OC. The van der Waals surface area contributed by atoms with Crippen molar-refractivity contribution in [2.45, 2.75) is 25.3 Å². The Morgan fingerprint density at radius 1 is 1.21 bits per heavy atom. The summed E-state index contributed by atoms with van der Waals surface area (Å²) in [4.78, 5) is 20.9. The standard InChI is InChI=1S/C21H22N2O3S2/c1-25-17-8-7-14(11-18(17)26-2)21-22-15(13-28-21)12-20(24)23-9-3-5-16(23)19-6-4-10-27-19/h4,6-8,10-11,13,16H,3,5,9,12H2,1-2H3. The number of thiophene rings is 1. The fraction of sp³-hybridized carbons (Fsp3) is 0.333. The van der Waals surface area contributed by atoms with Gasteiger partial charge in [-0.1, -0.05) is 6.07 Å². The maximum atomic E-state index is 12.9. The molecule has 1 amide bonds. The van der Waals surface area contributed by atoms with Crippen LogP contribution in [0.3, 0.4) is 0 Å². The van der Waals surface area contributed by atoms with Gasteiger partial charge < -0.3 is 14.4 Å². The Morgan fingerprint density at radius 3 is 2.82 bits per heavy atom. The third kappa shape index (κ3) is 3.77. The highest BCUT2D eigenvalue weighted by molar-refractivity contribution is 7.13. The molecule has 0 spiro atoms. The second kappa shape index (κ2) is 8.32. The highest BCUT2D eigenvalue weighted by Gasteiger charge is 2.30. The lowest BCUT2D eigenvalue weighted by Crippen LogP contribution is -2.31. The van der Waals surface area contributed by atoms with Gasteiger partial charge in [0.25, 0.3) is 0 Å². The summed E-state index contributed by atoms with van der Waals surface area (Å²) in [6.45, 7) is 0.827. The number of carbonyl (C=O) groups is 1. The first-order chi connectivity index (χ1) is 13.7. The Hall–Kier alpha value is -2.38. The molecule has 4 rings (SSSR count). The van der Waals surface area contributed by atoms with Gasteiger partial charge in [-0.05, 0) is 42.5 Å². The number of thiazole rings is 1. The van der Waals surface area contributed by atoms with Crippen molar-refractivity contribution in [2.75, 3.05) is 20.8 Å². The number of aromatic nitrogens is 1. The average molecular weight is 415 g/mol. The van der Waals surface area contributed by atoms with Crippen LogP contribution in [0.5, 0.6) is 11.5 Å². The summed E-state index contributed by atoms with van der Waals surface area (Å²) in [5, 5.41) is 4.92. The van der Waals surface area contributed by atoms with Crippen LogP contribution >= 0.6 is 22.7 Å². The minimum Gasteiger partial charge on any atom is -0.493 e. The maximum absolute atomic E-state index is 12.9. The number of ether oxygens (including phenoxy) is 2. The van der Waals surface area contributed by atoms with Crippen molar-refractivity contribution >= 4 is 28.6 Å². The molecular formula is C21H22N2O3S2. The van der Waals surface area contributed by atoms with Crippen molar-refractivity contribution in [3.8, 4) is 22.1 Å². The van der Waals surface area contributed by atoms with Gasteiger partial charge in [-0.15, -0.1) is 22.7 Å². The van der Waals surface area contributed by atoms with E-state index in [4.69, 9.17) is 9.47 Å². The Balaban J connectivity index is 1.48. The van der Waals surface area contributed by atoms with Crippen molar-refractivity contribution in [1.29, 1.82) is 0 Å². The molecule has 0 radical (unpaired) electrons. The molecule has 146 valence electrons. The van der Waals surface area contributed by atoms with E-state index in [0.717, 1.165) is 35.7 Å². The fourth-order valence-corrected chi connectivity index (χ4v) is 5.28. The molecule has 2 aromatic heterocycles. The zero-order valence-corrected chi connectivity index (χ0v) is 17.5. The van der Waals surface area contributed by atoms with E-state index in [9.17, 15) is 4.79 Å². The molecule has 1 aliphatic heterocycles. The lowest BCUT2D eigenvalue weighted by Gasteiger charge is -2.23. The molecule has 0 aliphatic carbocycles. The van der Waals surface area contributed by atoms with E-state index in [1.165, 1.54) is 4.88 Å². The number of hydrogen-bond donors (Lipinski definition) is 0. The molecule has 1 fully saturated rings. The second-order valence-electron chi connectivity index (χ2n) is 6.65. The van der Waals surface area contributed by atoms with Gasteiger partial charge in [-0.3, -0.25) is 4.79 Å². The molecule has 3 aromatic rings. The highest BCUT2D eigenvalue weighted by Crippen LogP contribution is 2.36. The van der Waals surface area contributed by atoms with E-state index in [0.29, 0.717) is 17.9 Å². The number of methoxy groups -OCH3 is 2. The first-order valence-corrected chi connectivity index (χ1v) is 10.9. The predicted octanol–water partition coefficient (Wildman–Crippen LogP) is 4.80. The van der Waals surface area contributed by atoms with E-state index in [1.807, 2.05) is 28.5 Å². The van der Waals surface area contributed by atoms with E-state index < -0.39 is 0 Å². The quantitative estimate of drug-likeness (QED) is 0.582. The van der Waals surface area contributed by atoms with Crippen molar-refractivity contribution in [1.82, 2.24) is 9.88 Å². The largest absolute Gasteiger partial charge is 0.493 e. The van der Waals surface area contributed by atoms with Crippen LogP contribution in [0.1, 0.15) is 29.5 Å². The average Bonchev–Trinajstić information content (AvgIpc) is 3.47. The van der Waals surface area contributed by atoms with Crippen molar-refractivity contribution in [3.05, 3.63) is 51.7 Å². The van der Waals surface area contributed by atoms with Crippen LogP contribution in [-0.4, -0.2) is 36.6 Å². The second-order valence-corrected chi connectivity index (χ2v) is 8.49. The van der Waals surface area contributed by atoms with Crippen LogP contribution in [0, 0.1) is 0 Å². The number of rotatable bonds is 6. The zero-order valence-electron chi connectivity index (χ0n) is 15.9. The first kappa shape index (κ1) is 19.0. The van der Waals surface area contributed by atoms with Gasteiger partial charge in [0.2, 0.25) is 5.91 Å². The molecule has 0 N–H and O–H groups in total. The minimum absolute atomic E-state index is 0.153. The Morgan fingerprint density at radius 2 is 2.07 bits per heavy atom. The summed E-state index contributed by atoms with van der Waals surface area (Å²) in [5.74, 6) is 1.51. The molecule has 1 saturated heterocycles. The van der Waals surface area contributed by atoms with Crippen LogP contribution in [0.25, 0.3) is 10.6 Å². The first-order valence-electron chi connectivity index (χ1n) is 9.19. The highest BCUT2D eigenvalue weighted by atomic mass is 32.1. The van der Waals surface area contributed by atoms with Gasteiger partial charge in [-0.25, -0.2) is 4.98 Å². The Kier molecular flexibility index (Phi) is 5.64. The molecule has 5 nitrogen and oxygen atoms in total. The van der Waals surface area contributed by atoms with Gasteiger partial charge in [-0.2, -0.15) is 0 Å². The van der Waals surface area contributed by atoms with E-state index in [2.05, 4.69) is 22.5 Å². The van der Waals surface area contributed by atoms with E-state index in [1.54, 1.807) is 36.9 Å². The van der Waals surface area contributed by atoms with Crippen molar-refractivity contribution in [3.63, 3.8) is 0 Å². The van der Waals surface area contributed by atoms with Gasteiger partial charge in [0.05, 0.1) is 32.4 Å². The lowest BCUT2D eigenvalue weighted by molar-refractivity contribution is -0.131. The van der Waals surface area contributed by atoms with Crippen molar-refractivity contribution in [2.24, 2.45) is 0 Å². The lowest BCUT2D eigenvalue weighted by atomic mass is 10.1. The normalized spacial score (nSPS) is 16.4. The summed E-state index contributed by atoms with van der Waals surface area (Å²) >= 11 is 3.27. The summed E-state index contributed by atoms with van der Waals surface area (Å²) in [6.07, 6.45) is 2.44. The maximum Gasteiger partial charge on any atom is 0.229 e. The summed E-state index contributed by atoms with van der Waals surface area (Å²) in [7, 11) is 3.24. The minimum atomic E-state index is 0.153. The van der Waals surface area contributed by atoms with E-state index in [-0.39, 0.29) is 11.9 Å². The van der Waals surface area contributed by atoms with Gasteiger partial charge in [0.1, 0.15) is 5.01 Å². The van der Waals surface area contributed by atoms with Gasteiger partial charge in [0.15, 0.2) is 11.5 Å². The Labute approximate surface area is 172 Å². The number of carbonyl (C=O) groups excluding carboxylic acids is 1. The van der Waals surface area contributed by atoms with Crippen LogP contribution in [-0.2, 0) is 11.2 Å². The monoisotopic (exact) mass is 414 g/mol. The fourth-order valence-electron chi connectivity index (χ4n) is 3.59.